The summed E-state index contributed by atoms with van der Waals surface area (Å²) >= 11 is 1.17. The van der Waals surface area contributed by atoms with E-state index in [9.17, 15) is 14.0 Å². The van der Waals surface area contributed by atoms with E-state index in [-0.39, 0.29) is 23.8 Å². The summed E-state index contributed by atoms with van der Waals surface area (Å²) in [5.74, 6) is -0.405. The number of rotatable bonds is 6. The number of nitrogens with one attached hydrogen (secondary N) is 1. The van der Waals surface area contributed by atoms with E-state index in [0.29, 0.717) is 43.4 Å². The second-order valence-electron chi connectivity index (χ2n) is 6.17. The number of carbonyl (C=O) groups excluding carboxylic acids is 2. The van der Waals surface area contributed by atoms with Crippen molar-refractivity contribution in [3.63, 3.8) is 0 Å². The van der Waals surface area contributed by atoms with Gasteiger partial charge < -0.3 is 15.0 Å². The molecule has 11 heteroatoms. The monoisotopic (exact) mass is 408 g/mol. The van der Waals surface area contributed by atoms with Gasteiger partial charge in [0.2, 0.25) is 11.1 Å². The molecule has 1 aliphatic rings. The molecule has 2 amide bonds. The summed E-state index contributed by atoms with van der Waals surface area (Å²) in [5.41, 5.74) is 0.485. The minimum atomic E-state index is -0.393. The summed E-state index contributed by atoms with van der Waals surface area (Å²) in [6.45, 7) is 3.22. The number of aromatic nitrogens is 4. The highest BCUT2D eigenvalue weighted by Gasteiger charge is 2.24. The van der Waals surface area contributed by atoms with Crippen LogP contribution in [0.15, 0.2) is 29.4 Å². The van der Waals surface area contributed by atoms with Crippen molar-refractivity contribution in [2.75, 3.05) is 25.4 Å². The fraction of sp³-hybridized carbons (Fsp3) is 0.471. The maximum atomic E-state index is 13.4. The van der Waals surface area contributed by atoms with Gasteiger partial charge in [0.15, 0.2) is 0 Å². The van der Waals surface area contributed by atoms with Gasteiger partial charge in [-0.25, -0.2) is 9.18 Å². The predicted molar refractivity (Wildman–Crippen MR) is 99.6 cm³/mol. The Hall–Kier alpha value is -2.69. The number of likely N-dealkylation sites (tertiary alicyclic amines) is 1. The van der Waals surface area contributed by atoms with E-state index in [1.807, 2.05) is 0 Å². The third-order valence-electron chi connectivity index (χ3n) is 4.21. The van der Waals surface area contributed by atoms with E-state index in [4.69, 9.17) is 4.74 Å². The Bertz CT molecular complexity index is 825. The molecule has 150 valence electrons. The van der Waals surface area contributed by atoms with Crippen LogP contribution in [-0.4, -0.2) is 68.6 Å². The summed E-state index contributed by atoms with van der Waals surface area (Å²) in [5, 5.41) is 14.7. The Balaban J connectivity index is 1.47. The summed E-state index contributed by atoms with van der Waals surface area (Å²) in [6.07, 6.45) is 1.04. The van der Waals surface area contributed by atoms with Crippen molar-refractivity contribution in [2.45, 2.75) is 31.0 Å². The number of hydrogen-bond acceptors (Lipinski definition) is 7. The van der Waals surface area contributed by atoms with Crippen LogP contribution in [0.1, 0.15) is 19.8 Å². The smallest absolute Gasteiger partial charge is 0.409 e. The first kappa shape index (κ1) is 20.1. The highest BCUT2D eigenvalue weighted by Crippen LogP contribution is 2.19. The first-order chi connectivity index (χ1) is 13.6. The van der Waals surface area contributed by atoms with Gasteiger partial charge in [-0.2, -0.15) is 4.68 Å². The fourth-order valence-electron chi connectivity index (χ4n) is 2.86. The standard InChI is InChI=1S/C17H21FN6O3S/c1-2-27-17(26)23-8-6-13(7-9-23)19-15(25)11-28-16-20-21-22-24(16)14-5-3-4-12(18)10-14/h3-5,10,13H,2,6-9,11H2,1H3,(H,19,25). The normalized spacial score (nSPS) is 14.7. The van der Waals surface area contributed by atoms with Gasteiger partial charge in [-0.05, 0) is 48.4 Å². The molecule has 0 saturated carbocycles. The molecule has 3 rings (SSSR count). The molecule has 0 spiro atoms. The van der Waals surface area contributed by atoms with Gasteiger partial charge in [0.1, 0.15) is 5.82 Å². The lowest BCUT2D eigenvalue weighted by molar-refractivity contribution is -0.119. The average molecular weight is 408 g/mol. The van der Waals surface area contributed by atoms with Crippen LogP contribution in [-0.2, 0) is 9.53 Å². The van der Waals surface area contributed by atoms with Gasteiger partial charge in [0.25, 0.3) is 0 Å². The van der Waals surface area contributed by atoms with Crippen LogP contribution in [0.5, 0.6) is 0 Å². The molecule has 0 radical (unpaired) electrons. The van der Waals surface area contributed by atoms with Crippen LogP contribution >= 0.6 is 11.8 Å². The van der Waals surface area contributed by atoms with E-state index in [2.05, 4.69) is 20.8 Å². The second-order valence-corrected chi connectivity index (χ2v) is 7.11. The minimum absolute atomic E-state index is 0.0120. The topological polar surface area (TPSA) is 102 Å². The number of hydrogen-bond donors (Lipinski definition) is 1. The fourth-order valence-corrected chi connectivity index (χ4v) is 3.56. The van der Waals surface area contributed by atoms with Crippen LogP contribution in [0.3, 0.4) is 0 Å². The van der Waals surface area contributed by atoms with Crippen molar-refractivity contribution in [3.8, 4) is 5.69 Å². The van der Waals surface area contributed by atoms with Crippen LogP contribution < -0.4 is 5.32 Å². The number of carbonyl (C=O) groups is 2. The number of benzene rings is 1. The number of ether oxygens (including phenoxy) is 1. The zero-order chi connectivity index (χ0) is 19.9. The van der Waals surface area contributed by atoms with E-state index < -0.39 is 5.82 Å². The largest absolute Gasteiger partial charge is 0.450 e. The molecule has 9 nitrogen and oxygen atoms in total. The molecule has 1 aromatic heterocycles. The lowest BCUT2D eigenvalue weighted by Crippen LogP contribution is -2.47. The maximum absolute atomic E-state index is 13.4. The lowest BCUT2D eigenvalue weighted by atomic mass is 10.1. The molecule has 0 unspecified atom stereocenters. The Morgan fingerprint density at radius 1 is 1.36 bits per heavy atom. The van der Waals surface area contributed by atoms with Crippen molar-refractivity contribution in [1.82, 2.24) is 30.4 Å². The molecule has 2 aromatic rings. The van der Waals surface area contributed by atoms with E-state index >= 15 is 0 Å². The van der Waals surface area contributed by atoms with Crippen LogP contribution in [0.2, 0.25) is 0 Å². The summed E-state index contributed by atoms with van der Waals surface area (Å²) in [7, 11) is 0. The van der Waals surface area contributed by atoms with Gasteiger partial charge in [-0.1, -0.05) is 17.8 Å². The molecule has 1 fully saturated rings. The van der Waals surface area contributed by atoms with Gasteiger partial charge in [0, 0.05) is 19.1 Å². The molecule has 1 N–H and O–H groups in total. The van der Waals surface area contributed by atoms with Crippen LogP contribution in [0.4, 0.5) is 9.18 Å². The first-order valence-electron chi connectivity index (χ1n) is 8.95. The maximum Gasteiger partial charge on any atom is 0.409 e. The number of halogens is 1. The third kappa shape index (κ3) is 5.18. The lowest BCUT2D eigenvalue weighted by Gasteiger charge is -2.31. The van der Waals surface area contributed by atoms with Crippen molar-refractivity contribution >= 4 is 23.8 Å². The third-order valence-corrected chi connectivity index (χ3v) is 5.13. The molecule has 1 saturated heterocycles. The number of nitrogens with zero attached hydrogens (tertiary/aromatic N) is 5. The number of thioether (sulfide) groups is 1. The molecule has 28 heavy (non-hydrogen) atoms. The van der Waals surface area contributed by atoms with E-state index in [0.717, 1.165) is 0 Å². The van der Waals surface area contributed by atoms with Crippen LogP contribution in [0, 0.1) is 5.82 Å². The Morgan fingerprint density at radius 2 is 2.14 bits per heavy atom. The van der Waals surface area contributed by atoms with Crippen LogP contribution in [0.25, 0.3) is 5.69 Å². The Kier molecular flexibility index (Phi) is 6.80. The summed E-state index contributed by atoms with van der Waals surface area (Å²) < 4.78 is 19.8. The summed E-state index contributed by atoms with van der Waals surface area (Å²) in [4.78, 5) is 25.6. The predicted octanol–water partition coefficient (Wildman–Crippen LogP) is 1.63. The summed E-state index contributed by atoms with van der Waals surface area (Å²) in [6, 6.07) is 5.91. The van der Waals surface area contributed by atoms with Gasteiger partial charge >= 0.3 is 6.09 Å². The average Bonchev–Trinajstić information content (AvgIpc) is 3.16. The molecule has 1 aromatic carbocycles. The highest BCUT2D eigenvalue weighted by molar-refractivity contribution is 7.99. The quantitative estimate of drug-likeness (QED) is 0.725. The number of piperidine rings is 1. The minimum Gasteiger partial charge on any atom is -0.450 e. The Labute approximate surface area is 165 Å². The molecular weight excluding hydrogens is 387 g/mol. The molecule has 0 atom stereocenters. The molecular formula is C17H21FN6O3S. The molecule has 1 aliphatic heterocycles. The SMILES string of the molecule is CCOC(=O)N1CCC(NC(=O)CSc2nnnn2-c2cccc(F)c2)CC1. The van der Waals surface area contributed by atoms with Crippen molar-refractivity contribution in [1.29, 1.82) is 0 Å². The second kappa shape index (κ2) is 9.49. The van der Waals surface area contributed by atoms with Gasteiger partial charge in [-0.15, -0.1) is 5.10 Å². The number of amides is 2. The molecule has 0 aliphatic carbocycles. The number of tetrazole rings is 1. The zero-order valence-corrected chi connectivity index (χ0v) is 16.2. The molecule has 0 bridgehead atoms. The van der Waals surface area contributed by atoms with Crippen molar-refractivity contribution in [2.24, 2.45) is 0 Å². The van der Waals surface area contributed by atoms with Gasteiger partial charge in [-0.3, -0.25) is 4.79 Å². The zero-order valence-electron chi connectivity index (χ0n) is 15.4. The van der Waals surface area contributed by atoms with Crippen molar-refractivity contribution < 1.29 is 18.7 Å². The molecule has 2 heterocycles. The first-order valence-corrected chi connectivity index (χ1v) is 9.93. The van der Waals surface area contributed by atoms with E-state index in [1.54, 1.807) is 24.0 Å². The van der Waals surface area contributed by atoms with Crippen molar-refractivity contribution in [3.05, 3.63) is 30.1 Å². The van der Waals surface area contributed by atoms with Gasteiger partial charge in [0.05, 0.1) is 18.0 Å². The Morgan fingerprint density at radius 3 is 2.86 bits per heavy atom. The van der Waals surface area contributed by atoms with E-state index in [1.165, 1.54) is 28.6 Å². The highest BCUT2D eigenvalue weighted by atomic mass is 32.2.